The largest absolute Gasteiger partial charge is 0.497 e. The summed E-state index contributed by atoms with van der Waals surface area (Å²) < 4.78 is 75.1. The van der Waals surface area contributed by atoms with Crippen LogP contribution in [0.3, 0.4) is 0 Å². The van der Waals surface area contributed by atoms with Crippen molar-refractivity contribution in [1.29, 1.82) is 0 Å². The van der Waals surface area contributed by atoms with E-state index in [1.54, 1.807) is 7.11 Å². The Morgan fingerprint density at radius 2 is 1.68 bits per heavy atom. The molecule has 1 saturated heterocycles. The Labute approximate surface area is 190 Å². The number of carboxylic acids is 1. The maximum absolute atomic E-state index is 12.7. The molecule has 0 saturated carbocycles. The van der Waals surface area contributed by atoms with E-state index in [2.05, 4.69) is 10.6 Å². The van der Waals surface area contributed by atoms with Gasteiger partial charge in [-0.1, -0.05) is 24.3 Å². The van der Waals surface area contributed by atoms with Crippen LogP contribution in [0.4, 0.5) is 26.3 Å². The topological polar surface area (TPSA) is 87.7 Å². The number of rotatable bonds is 5. The van der Waals surface area contributed by atoms with Crippen LogP contribution in [-0.2, 0) is 22.3 Å². The van der Waals surface area contributed by atoms with E-state index < -0.39 is 23.9 Å². The van der Waals surface area contributed by atoms with Gasteiger partial charge in [-0.2, -0.15) is 26.3 Å². The number of ether oxygens (including phenoxy) is 1. The van der Waals surface area contributed by atoms with E-state index in [0.29, 0.717) is 25.4 Å². The molecule has 0 bridgehead atoms. The second-order valence-corrected chi connectivity index (χ2v) is 7.36. The van der Waals surface area contributed by atoms with Gasteiger partial charge in [0.1, 0.15) is 5.75 Å². The van der Waals surface area contributed by atoms with Gasteiger partial charge in [0.25, 0.3) is 0 Å². The highest BCUT2D eigenvalue weighted by atomic mass is 19.4. The molecule has 6 nitrogen and oxygen atoms in total. The third kappa shape index (κ3) is 7.65. The first-order chi connectivity index (χ1) is 15.8. The second kappa shape index (κ2) is 11.2. The molecule has 2 atom stereocenters. The fraction of sp³-hybridized carbons (Fsp3) is 0.364. The summed E-state index contributed by atoms with van der Waals surface area (Å²) in [5.74, 6) is -2.64. The molecule has 3 rings (SSSR count). The van der Waals surface area contributed by atoms with Gasteiger partial charge in [0.15, 0.2) is 0 Å². The lowest BCUT2D eigenvalue weighted by Crippen LogP contribution is -2.34. The summed E-state index contributed by atoms with van der Waals surface area (Å²) in [4.78, 5) is 21.5. The van der Waals surface area contributed by atoms with Crippen molar-refractivity contribution < 1.29 is 45.8 Å². The van der Waals surface area contributed by atoms with Crippen LogP contribution in [0.15, 0.2) is 48.5 Å². The number of amides is 1. The zero-order valence-electron chi connectivity index (χ0n) is 17.8. The molecule has 2 aromatic carbocycles. The Bertz CT molecular complexity index is 977. The number of halogens is 6. The molecule has 2 aromatic rings. The number of nitrogens with one attached hydrogen (secondary N) is 2. The lowest BCUT2D eigenvalue weighted by molar-refractivity contribution is -0.192. The van der Waals surface area contributed by atoms with Crippen molar-refractivity contribution in [3.63, 3.8) is 0 Å². The summed E-state index contributed by atoms with van der Waals surface area (Å²) in [5, 5.41) is 13.2. The summed E-state index contributed by atoms with van der Waals surface area (Å²) in [6.07, 6.45) is -9.44. The van der Waals surface area contributed by atoms with Gasteiger partial charge >= 0.3 is 18.3 Å². The number of alkyl halides is 6. The molecule has 0 aliphatic carbocycles. The summed E-state index contributed by atoms with van der Waals surface area (Å²) in [6, 6.07) is 12.5. The van der Waals surface area contributed by atoms with Crippen molar-refractivity contribution in [1.82, 2.24) is 10.6 Å². The molecule has 0 spiro atoms. The minimum absolute atomic E-state index is 0.118. The standard InChI is InChI=1S/C20H21F3N2O2.C2HF3O2/c1-27-16-4-2-3-13(9-16)10-25-19(26)18-12-24-11-17(18)14-5-7-15(8-6-14)20(21,22)23;3-2(4,5)1(6)7/h2-9,17-18,24H,10-12H2,1H3,(H,25,26);(H,6,7). The van der Waals surface area contributed by atoms with E-state index in [9.17, 15) is 31.1 Å². The maximum atomic E-state index is 12.7. The van der Waals surface area contributed by atoms with Crippen LogP contribution < -0.4 is 15.4 Å². The predicted molar refractivity (Wildman–Crippen MR) is 109 cm³/mol. The number of aliphatic carboxylic acids is 1. The molecule has 0 aromatic heterocycles. The quantitative estimate of drug-likeness (QED) is 0.550. The number of benzene rings is 2. The summed E-state index contributed by atoms with van der Waals surface area (Å²) in [7, 11) is 1.58. The molecule has 34 heavy (non-hydrogen) atoms. The number of carbonyl (C=O) groups is 2. The van der Waals surface area contributed by atoms with Crippen molar-refractivity contribution >= 4 is 11.9 Å². The zero-order chi connectivity index (χ0) is 25.5. The van der Waals surface area contributed by atoms with Gasteiger partial charge < -0.3 is 20.5 Å². The van der Waals surface area contributed by atoms with Crippen molar-refractivity contribution in [3.05, 3.63) is 65.2 Å². The molecular weight excluding hydrogens is 470 g/mol. The Hall–Kier alpha value is -3.28. The van der Waals surface area contributed by atoms with Crippen LogP contribution in [-0.4, -0.2) is 43.4 Å². The van der Waals surface area contributed by atoms with Crippen LogP contribution in [0.1, 0.15) is 22.6 Å². The highest BCUT2D eigenvalue weighted by Crippen LogP contribution is 2.33. The van der Waals surface area contributed by atoms with Gasteiger partial charge in [0.05, 0.1) is 18.6 Å². The van der Waals surface area contributed by atoms with Crippen molar-refractivity contribution in [3.8, 4) is 5.75 Å². The van der Waals surface area contributed by atoms with E-state index in [0.717, 1.165) is 23.3 Å². The first-order valence-electron chi connectivity index (χ1n) is 9.91. The summed E-state index contributed by atoms with van der Waals surface area (Å²) in [5.41, 5.74) is 0.963. The first kappa shape index (κ1) is 27.0. The molecule has 12 heteroatoms. The van der Waals surface area contributed by atoms with E-state index in [4.69, 9.17) is 14.6 Å². The lowest BCUT2D eigenvalue weighted by Gasteiger charge is -2.19. The van der Waals surface area contributed by atoms with Crippen LogP contribution >= 0.6 is 0 Å². The Morgan fingerprint density at radius 3 is 2.21 bits per heavy atom. The monoisotopic (exact) mass is 492 g/mol. The average Bonchev–Trinajstić information content (AvgIpc) is 3.27. The highest BCUT2D eigenvalue weighted by molar-refractivity contribution is 5.80. The molecule has 1 aliphatic rings. The highest BCUT2D eigenvalue weighted by Gasteiger charge is 2.38. The van der Waals surface area contributed by atoms with Crippen molar-refractivity contribution in [2.75, 3.05) is 20.2 Å². The van der Waals surface area contributed by atoms with Gasteiger partial charge in [-0.3, -0.25) is 4.79 Å². The van der Waals surface area contributed by atoms with Crippen molar-refractivity contribution in [2.24, 2.45) is 5.92 Å². The summed E-state index contributed by atoms with van der Waals surface area (Å²) in [6.45, 7) is 1.42. The Balaban J connectivity index is 0.000000509. The molecule has 1 aliphatic heterocycles. The first-order valence-corrected chi connectivity index (χ1v) is 9.91. The van der Waals surface area contributed by atoms with E-state index in [1.165, 1.54) is 12.1 Å². The summed E-state index contributed by atoms with van der Waals surface area (Å²) >= 11 is 0. The maximum Gasteiger partial charge on any atom is 0.490 e. The number of methoxy groups -OCH3 is 1. The lowest BCUT2D eigenvalue weighted by atomic mass is 9.88. The van der Waals surface area contributed by atoms with Crippen LogP contribution in [0.5, 0.6) is 5.75 Å². The minimum atomic E-state index is -5.08. The molecule has 2 unspecified atom stereocenters. The third-order valence-corrected chi connectivity index (χ3v) is 5.06. The SMILES string of the molecule is COc1cccc(CNC(=O)C2CNCC2c2ccc(C(F)(F)F)cc2)c1.O=C(O)C(F)(F)F. The average molecular weight is 492 g/mol. The minimum Gasteiger partial charge on any atom is -0.497 e. The molecule has 1 fully saturated rings. The molecule has 0 radical (unpaired) electrons. The van der Waals surface area contributed by atoms with E-state index in [-0.39, 0.29) is 17.7 Å². The molecule has 1 amide bonds. The third-order valence-electron chi connectivity index (χ3n) is 5.06. The molecule has 1 heterocycles. The van der Waals surface area contributed by atoms with Crippen LogP contribution in [0.2, 0.25) is 0 Å². The predicted octanol–water partition coefficient (Wildman–Crippen LogP) is 3.97. The Morgan fingerprint density at radius 1 is 1.06 bits per heavy atom. The fourth-order valence-corrected chi connectivity index (χ4v) is 3.33. The normalized spacial score (nSPS) is 18.0. The Kier molecular flexibility index (Phi) is 8.91. The van der Waals surface area contributed by atoms with E-state index in [1.807, 2.05) is 24.3 Å². The van der Waals surface area contributed by atoms with E-state index >= 15 is 0 Å². The number of hydrogen-bond donors (Lipinski definition) is 3. The fourth-order valence-electron chi connectivity index (χ4n) is 3.33. The number of carboxylic acid groups (broad SMARTS) is 1. The number of carbonyl (C=O) groups excluding carboxylic acids is 1. The second-order valence-electron chi connectivity index (χ2n) is 7.36. The van der Waals surface area contributed by atoms with Gasteiger partial charge in [0, 0.05) is 25.6 Å². The molecular formula is C22H22F6N2O4. The molecule has 186 valence electrons. The van der Waals surface area contributed by atoms with Gasteiger partial charge in [0.2, 0.25) is 5.91 Å². The van der Waals surface area contributed by atoms with Crippen LogP contribution in [0, 0.1) is 5.92 Å². The zero-order valence-corrected chi connectivity index (χ0v) is 17.8. The van der Waals surface area contributed by atoms with Crippen molar-refractivity contribution in [2.45, 2.75) is 24.8 Å². The number of hydrogen-bond acceptors (Lipinski definition) is 4. The van der Waals surface area contributed by atoms with Gasteiger partial charge in [-0.05, 0) is 35.4 Å². The van der Waals surface area contributed by atoms with Crippen LogP contribution in [0.25, 0.3) is 0 Å². The van der Waals surface area contributed by atoms with Gasteiger partial charge in [-0.25, -0.2) is 4.79 Å². The smallest absolute Gasteiger partial charge is 0.490 e. The van der Waals surface area contributed by atoms with Gasteiger partial charge in [-0.15, -0.1) is 0 Å². The molecule has 3 N–H and O–H groups in total.